The lowest BCUT2D eigenvalue weighted by molar-refractivity contribution is -0.144. The van der Waals surface area contributed by atoms with Crippen LogP contribution in [0.15, 0.2) is 61.2 Å². The van der Waals surface area contributed by atoms with E-state index >= 15 is 0 Å². The Kier molecular flexibility index (Phi) is 12.2. The van der Waals surface area contributed by atoms with Gasteiger partial charge in [-0.2, -0.15) is 0 Å². The zero-order valence-corrected chi connectivity index (χ0v) is 23.9. The van der Waals surface area contributed by atoms with E-state index in [-0.39, 0.29) is 44.0 Å². The minimum absolute atomic E-state index is 0.0266. The monoisotopic (exact) mass is 569 g/mol. The molecule has 2 unspecified atom stereocenters. The van der Waals surface area contributed by atoms with Crippen LogP contribution >= 0.6 is 0 Å². The zero-order chi connectivity index (χ0) is 30.6. The van der Waals surface area contributed by atoms with Crippen molar-refractivity contribution in [1.29, 1.82) is 0 Å². The Morgan fingerprint density at radius 1 is 1.00 bits per heavy atom. The molecule has 41 heavy (non-hydrogen) atoms. The summed E-state index contributed by atoms with van der Waals surface area (Å²) in [5.74, 6) is -1.67. The topological polar surface area (TPSA) is 154 Å². The number of ether oxygens (including phenoxy) is 2. The number of carbonyl (C=O) groups excluding carboxylic acids is 4. The molecule has 2 aromatic rings. The second-order valence-corrected chi connectivity index (χ2v) is 10.2. The molecule has 0 aliphatic heterocycles. The number of hydrogen-bond donors (Lipinski definition) is 4. The fraction of sp³-hybridized carbons (Fsp3) is 0.400. The first-order valence-corrected chi connectivity index (χ1v) is 13.3. The largest absolute Gasteiger partial charge is 0.508 e. The first-order chi connectivity index (χ1) is 19.3. The van der Waals surface area contributed by atoms with Crippen molar-refractivity contribution in [2.24, 2.45) is 0 Å². The van der Waals surface area contributed by atoms with E-state index in [1.165, 1.54) is 47.4 Å². The molecule has 0 bridgehead atoms. The van der Waals surface area contributed by atoms with Crippen LogP contribution in [-0.4, -0.2) is 70.3 Å². The molecule has 0 radical (unpaired) electrons. The van der Waals surface area contributed by atoms with Crippen LogP contribution in [0.1, 0.15) is 51.3 Å². The lowest BCUT2D eigenvalue weighted by Gasteiger charge is -2.34. The number of nitrogens with zero attached hydrogens (tertiary/aromatic N) is 1. The number of benzene rings is 2. The lowest BCUT2D eigenvalue weighted by Crippen LogP contribution is -2.54. The molecule has 4 N–H and O–H groups in total. The standard InChI is InChI=1S/C30H39N3O8/c1-6-18-33(26(21-10-14-23(35)15-11-21)27(37)31-17-16-25(36)40-7-2)28(38)24(32-29(39)41-30(3,4)5)19-20-8-12-22(34)13-9-20/h6,8-15,24,26,34-35H,1,7,16-19H2,2-5H3,(H,31,37)(H,32,39). The Labute approximate surface area is 240 Å². The van der Waals surface area contributed by atoms with Gasteiger partial charge < -0.3 is 35.2 Å². The summed E-state index contributed by atoms with van der Waals surface area (Å²) < 4.78 is 10.3. The van der Waals surface area contributed by atoms with E-state index in [1.54, 1.807) is 39.8 Å². The van der Waals surface area contributed by atoms with Gasteiger partial charge in [-0.15, -0.1) is 6.58 Å². The molecule has 3 amide bonds. The van der Waals surface area contributed by atoms with Gasteiger partial charge in [-0.05, 0) is 63.1 Å². The molecule has 0 aliphatic rings. The molecule has 11 heteroatoms. The summed E-state index contributed by atoms with van der Waals surface area (Å²) in [7, 11) is 0. The number of aromatic hydroxyl groups is 2. The molecule has 0 aromatic heterocycles. The maximum Gasteiger partial charge on any atom is 0.408 e. The third-order valence-electron chi connectivity index (χ3n) is 5.68. The SMILES string of the molecule is C=CCN(C(=O)C(Cc1ccc(O)cc1)NC(=O)OC(C)(C)C)C(C(=O)NCCC(=O)OCC)c1ccc(O)cc1. The minimum atomic E-state index is -1.20. The van der Waals surface area contributed by atoms with Gasteiger partial charge in [-0.1, -0.05) is 30.3 Å². The van der Waals surface area contributed by atoms with Gasteiger partial charge in [0.25, 0.3) is 0 Å². The van der Waals surface area contributed by atoms with Gasteiger partial charge >= 0.3 is 12.1 Å². The van der Waals surface area contributed by atoms with Crippen LogP contribution < -0.4 is 10.6 Å². The number of alkyl carbamates (subject to hydrolysis) is 1. The van der Waals surface area contributed by atoms with Crippen LogP contribution in [0.3, 0.4) is 0 Å². The van der Waals surface area contributed by atoms with Crippen molar-refractivity contribution in [2.45, 2.75) is 58.2 Å². The number of nitrogens with one attached hydrogen (secondary N) is 2. The number of rotatable bonds is 13. The van der Waals surface area contributed by atoms with Gasteiger partial charge in [0.2, 0.25) is 11.8 Å². The Bertz CT molecular complexity index is 1190. The Balaban J connectivity index is 2.46. The van der Waals surface area contributed by atoms with Gasteiger partial charge in [-0.3, -0.25) is 14.4 Å². The van der Waals surface area contributed by atoms with E-state index in [4.69, 9.17) is 9.47 Å². The summed E-state index contributed by atoms with van der Waals surface area (Å²) in [4.78, 5) is 53.4. The second kappa shape index (κ2) is 15.3. The number of hydrogen-bond acceptors (Lipinski definition) is 8. The fourth-order valence-electron chi connectivity index (χ4n) is 3.93. The normalized spacial score (nSPS) is 12.4. The van der Waals surface area contributed by atoms with Gasteiger partial charge in [0, 0.05) is 19.5 Å². The van der Waals surface area contributed by atoms with Crippen LogP contribution in [0.2, 0.25) is 0 Å². The van der Waals surface area contributed by atoms with Crippen molar-refractivity contribution < 1.29 is 38.9 Å². The van der Waals surface area contributed by atoms with Crippen LogP contribution in [0.5, 0.6) is 11.5 Å². The van der Waals surface area contributed by atoms with Crippen molar-refractivity contribution in [2.75, 3.05) is 19.7 Å². The summed E-state index contributed by atoms with van der Waals surface area (Å²) in [6.07, 6.45) is 0.579. The number of amides is 3. The Hall–Kier alpha value is -4.54. The van der Waals surface area contributed by atoms with Gasteiger partial charge in [-0.25, -0.2) is 4.79 Å². The van der Waals surface area contributed by atoms with Crippen LogP contribution in [0.25, 0.3) is 0 Å². The van der Waals surface area contributed by atoms with Crippen molar-refractivity contribution >= 4 is 23.9 Å². The quantitative estimate of drug-likeness (QED) is 0.212. The van der Waals surface area contributed by atoms with Crippen LogP contribution in [0, 0.1) is 0 Å². The fourth-order valence-corrected chi connectivity index (χ4v) is 3.93. The maximum absolute atomic E-state index is 14.1. The van der Waals surface area contributed by atoms with E-state index in [1.807, 2.05) is 0 Å². The third kappa shape index (κ3) is 10.9. The Morgan fingerprint density at radius 3 is 2.12 bits per heavy atom. The van der Waals surface area contributed by atoms with Crippen molar-refractivity contribution in [3.63, 3.8) is 0 Å². The maximum atomic E-state index is 14.1. The van der Waals surface area contributed by atoms with Crippen molar-refractivity contribution in [3.05, 3.63) is 72.3 Å². The molecule has 0 heterocycles. The van der Waals surface area contributed by atoms with E-state index in [2.05, 4.69) is 17.2 Å². The average Bonchev–Trinajstić information content (AvgIpc) is 2.89. The molecule has 11 nitrogen and oxygen atoms in total. The molecule has 2 rings (SSSR count). The van der Waals surface area contributed by atoms with E-state index in [9.17, 15) is 29.4 Å². The summed E-state index contributed by atoms with van der Waals surface area (Å²) in [5.41, 5.74) is 0.188. The molecular weight excluding hydrogens is 530 g/mol. The van der Waals surface area contributed by atoms with Gasteiger partial charge in [0.15, 0.2) is 0 Å². The summed E-state index contributed by atoms with van der Waals surface area (Å²) in [5, 5.41) is 24.8. The highest BCUT2D eigenvalue weighted by Gasteiger charge is 2.36. The number of phenols is 2. The van der Waals surface area contributed by atoms with Crippen LogP contribution in [0.4, 0.5) is 4.79 Å². The molecule has 0 spiro atoms. The number of esters is 1. The summed E-state index contributed by atoms with van der Waals surface area (Å²) in [6, 6.07) is 9.56. The lowest BCUT2D eigenvalue weighted by atomic mass is 10.00. The molecule has 222 valence electrons. The van der Waals surface area contributed by atoms with Crippen LogP contribution in [-0.2, 0) is 30.3 Å². The predicted octanol–water partition coefficient (Wildman–Crippen LogP) is 3.36. The molecule has 2 aromatic carbocycles. The highest BCUT2D eigenvalue weighted by atomic mass is 16.6. The minimum Gasteiger partial charge on any atom is -0.508 e. The summed E-state index contributed by atoms with van der Waals surface area (Å²) >= 11 is 0. The highest BCUT2D eigenvalue weighted by molar-refractivity contribution is 5.92. The Morgan fingerprint density at radius 2 is 1.59 bits per heavy atom. The first-order valence-electron chi connectivity index (χ1n) is 13.3. The average molecular weight is 570 g/mol. The first kappa shape index (κ1) is 32.7. The van der Waals surface area contributed by atoms with Crippen molar-refractivity contribution in [1.82, 2.24) is 15.5 Å². The molecule has 2 atom stereocenters. The summed E-state index contributed by atoms with van der Waals surface area (Å²) in [6.45, 7) is 10.6. The van der Waals surface area contributed by atoms with Crippen molar-refractivity contribution in [3.8, 4) is 11.5 Å². The number of phenolic OH excluding ortho intramolecular Hbond substituents is 2. The molecule has 0 fully saturated rings. The molecule has 0 saturated carbocycles. The molecular formula is C30H39N3O8. The second-order valence-electron chi connectivity index (χ2n) is 10.2. The highest BCUT2D eigenvalue weighted by Crippen LogP contribution is 2.25. The van der Waals surface area contributed by atoms with Gasteiger partial charge in [0.1, 0.15) is 29.2 Å². The number of carbonyl (C=O) groups is 4. The predicted molar refractivity (Wildman–Crippen MR) is 152 cm³/mol. The molecule has 0 saturated heterocycles. The van der Waals surface area contributed by atoms with E-state index in [0.29, 0.717) is 11.1 Å². The van der Waals surface area contributed by atoms with E-state index in [0.717, 1.165) is 0 Å². The van der Waals surface area contributed by atoms with E-state index < -0.39 is 41.6 Å². The smallest absolute Gasteiger partial charge is 0.408 e. The molecule has 0 aliphatic carbocycles. The third-order valence-corrected chi connectivity index (χ3v) is 5.68. The van der Waals surface area contributed by atoms with Gasteiger partial charge in [0.05, 0.1) is 13.0 Å². The zero-order valence-electron chi connectivity index (χ0n) is 23.9.